The van der Waals surface area contributed by atoms with Gasteiger partial charge in [0.2, 0.25) is 5.88 Å². The summed E-state index contributed by atoms with van der Waals surface area (Å²) in [5.74, 6) is 0.517. The Kier molecular flexibility index (Phi) is 3.47. The van der Waals surface area contributed by atoms with Gasteiger partial charge in [0.05, 0.1) is 0 Å². The Bertz CT molecular complexity index is 452. The maximum atomic E-state index is 5.43. The lowest BCUT2D eigenvalue weighted by Gasteiger charge is -1.94. The molecule has 0 saturated heterocycles. The number of aryl methyl sites for hydroxylation is 1. The van der Waals surface area contributed by atoms with Gasteiger partial charge >= 0.3 is 5.19 Å². The number of ether oxygens (including phenoxy) is 1. The molecular weight excluding hydrogens is 226 g/mol. The maximum Gasteiger partial charge on any atom is 0.300 e. The van der Waals surface area contributed by atoms with Crippen molar-refractivity contribution in [3.05, 3.63) is 16.8 Å². The standard InChI is InChI=1S/C9H13N5OS/c1-3-10-5-8-13-14-9(16-8)15-7-4-6(2)11-12-7/h4,10H,3,5H2,1-2H3,(H,11,12). The third-order valence-electron chi connectivity index (χ3n) is 1.85. The van der Waals surface area contributed by atoms with Crippen LogP contribution < -0.4 is 10.1 Å². The van der Waals surface area contributed by atoms with E-state index in [0.717, 1.165) is 23.8 Å². The predicted molar refractivity (Wildman–Crippen MR) is 60.7 cm³/mol. The second-order valence-corrected chi connectivity index (χ2v) is 4.26. The van der Waals surface area contributed by atoms with E-state index in [1.807, 2.05) is 19.9 Å². The second kappa shape index (κ2) is 5.04. The first-order chi connectivity index (χ1) is 7.78. The average molecular weight is 239 g/mol. The number of aromatic amines is 1. The van der Waals surface area contributed by atoms with Crippen LogP contribution in [0.25, 0.3) is 0 Å². The Labute approximate surface area is 97.1 Å². The number of nitrogens with zero attached hydrogens (tertiary/aromatic N) is 3. The smallest absolute Gasteiger partial charge is 0.300 e. The molecule has 2 rings (SSSR count). The van der Waals surface area contributed by atoms with Gasteiger partial charge in [-0.15, -0.1) is 10.2 Å². The molecule has 0 saturated carbocycles. The summed E-state index contributed by atoms with van der Waals surface area (Å²) >= 11 is 1.42. The highest BCUT2D eigenvalue weighted by Crippen LogP contribution is 2.23. The molecule has 7 heteroatoms. The number of nitrogens with one attached hydrogen (secondary N) is 2. The van der Waals surface area contributed by atoms with Crippen LogP contribution in [0.2, 0.25) is 0 Å². The zero-order chi connectivity index (χ0) is 11.4. The van der Waals surface area contributed by atoms with Gasteiger partial charge in [0, 0.05) is 18.3 Å². The molecule has 0 radical (unpaired) electrons. The van der Waals surface area contributed by atoms with E-state index in [0.29, 0.717) is 11.1 Å². The fourth-order valence-electron chi connectivity index (χ4n) is 1.12. The summed E-state index contributed by atoms with van der Waals surface area (Å²) in [5.41, 5.74) is 0.951. The van der Waals surface area contributed by atoms with Gasteiger partial charge in [-0.3, -0.25) is 5.10 Å². The van der Waals surface area contributed by atoms with Crippen molar-refractivity contribution in [2.45, 2.75) is 20.4 Å². The minimum Gasteiger partial charge on any atom is -0.409 e. The number of H-pyrrole nitrogens is 1. The van der Waals surface area contributed by atoms with Crippen LogP contribution in [-0.4, -0.2) is 26.9 Å². The van der Waals surface area contributed by atoms with Crippen molar-refractivity contribution in [1.29, 1.82) is 0 Å². The highest BCUT2D eigenvalue weighted by molar-refractivity contribution is 7.13. The lowest BCUT2D eigenvalue weighted by molar-refractivity contribution is 0.453. The highest BCUT2D eigenvalue weighted by atomic mass is 32.1. The Morgan fingerprint density at radius 3 is 3.06 bits per heavy atom. The zero-order valence-corrected chi connectivity index (χ0v) is 9.97. The van der Waals surface area contributed by atoms with Crippen LogP contribution in [0.1, 0.15) is 17.6 Å². The Balaban J connectivity index is 1.97. The molecule has 0 aliphatic heterocycles. The van der Waals surface area contributed by atoms with E-state index >= 15 is 0 Å². The predicted octanol–water partition coefficient (Wildman–Crippen LogP) is 1.47. The summed E-state index contributed by atoms with van der Waals surface area (Å²) in [6.07, 6.45) is 0. The molecule has 2 aromatic rings. The normalized spacial score (nSPS) is 10.6. The first-order valence-corrected chi connectivity index (χ1v) is 5.82. The molecule has 0 spiro atoms. The summed E-state index contributed by atoms with van der Waals surface area (Å²) in [4.78, 5) is 0. The van der Waals surface area contributed by atoms with Gasteiger partial charge in [0.15, 0.2) is 0 Å². The van der Waals surface area contributed by atoms with Crippen LogP contribution in [0, 0.1) is 6.92 Å². The average Bonchev–Trinajstić information content (AvgIpc) is 2.86. The summed E-state index contributed by atoms with van der Waals surface area (Å²) < 4.78 is 5.43. The van der Waals surface area contributed by atoms with Crippen LogP contribution >= 0.6 is 11.3 Å². The van der Waals surface area contributed by atoms with Crippen LogP contribution in [0.5, 0.6) is 11.1 Å². The number of hydrogen-bond acceptors (Lipinski definition) is 6. The quantitative estimate of drug-likeness (QED) is 0.826. The SMILES string of the molecule is CCNCc1nnc(Oc2cc(C)[nH]n2)s1. The monoisotopic (exact) mass is 239 g/mol. The molecule has 0 aliphatic carbocycles. The second-order valence-electron chi connectivity index (χ2n) is 3.23. The lowest BCUT2D eigenvalue weighted by atomic mass is 10.5. The van der Waals surface area contributed by atoms with Crippen molar-refractivity contribution in [3.63, 3.8) is 0 Å². The van der Waals surface area contributed by atoms with E-state index < -0.39 is 0 Å². The van der Waals surface area contributed by atoms with E-state index in [1.165, 1.54) is 11.3 Å². The number of aromatic nitrogens is 4. The number of hydrogen-bond donors (Lipinski definition) is 2. The van der Waals surface area contributed by atoms with Gasteiger partial charge in [0.25, 0.3) is 0 Å². The van der Waals surface area contributed by atoms with Gasteiger partial charge < -0.3 is 10.1 Å². The summed E-state index contributed by atoms with van der Waals surface area (Å²) in [6.45, 7) is 5.59. The molecular formula is C9H13N5OS. The fraction of sp³-hybridized carbons (Fsp3) is 0.444. The largest absolute Gasteiger partial charge is 0.409 e. The number of rotatable bonds is 5. The molecule has 6 nitrogen and oxygen atoms in total. The molecule has 2 heterocycles. The molecule has 0 unspecified atom stereocenters. The molecule has 2 aromatic heterocycles. The fourth-order valence-corrected chi connectivity index (χ4v) is 1.78. The van der Waals surface area contributed by atoms with Gasteiger partial charge in [-0.25, -0.2) is 0 Å². The minimum absolute atomic E-state index is 0.513. The summed E-state index contributed by atoms with van der Waals surface area (Å²) in [7, 11) is 0. The molecule has 0 aliphatic rings. The van der Waals surface area contributed by atoms with Crippen LogP contribution in [0.3, 0.4) is 0 Å². The van der Waals surface area contributed by atoms with Crippen molar-refractivity contribution < 1.29 is 4.74 Å². The van der Waals surface area contributed by atoms with E-state index in [4.69, 9.17) is 4.74 Å². The van der Waals surface area contributed by atoms with Crippen molar-refractivity contribution in [2.24, 2.45) is 0 Å². The summed E-state index contributed by atoms with van der Waals surface area (Å²) in [5, 5.41) is 19.3. The van der Waals surface area contributed by atoms with Crippen molar-refractivity contribution >= 4 is 11.3 Å². The molecule has 86 valence electrons. The molecule has 16 heavy (non-hydrogen) atoms. The Morgan fingerprint density at radius 2 is 2.38 bits per heavy atom. The van der Waals surface area contributed by atoms with E-state index in [9.17, 15) is 0 Å². The third-order valence-corrected chi connectivity index (χ3v) is 2.65. The van der Waals surface area contributed by atoms with E-state index in [-0.39, 0.29) is 0 Å². The lowest BCUT2D eigenvalue weighted by Crippen LogP contribution is -2.11. The van der Waals surface area contributed by atoms with Crippen LogP contribution in [-0.2, 0) is 6.54 Å². The van der Waals surface area contributed by atoms with E-state index in [2.05, 4.69) is 25.7 Å². The van der Waals surface area contributed by atoms with E-state index in [1.54, 1.807) is 0 Å². The van der Waals surface area contributed by atoms with Gasteiger partial charge in [-0.2, -0.15) is 0 Å². The Hall–Kier alpha value is -1.47. The van der Waals surface area contributed by atoms with Gasteiger partial charge in [0.1, 0.15) is 5.01 Å². The molecule has 2 N–H and O–H groups in total. The van der Waals surface area contributed by atoms with Crippen molar-refractivity contribution in [3.8, 4) is 11.1 Å². The maximum absolute atomic E-state index is 5.43. The van der Waals surface area contributed by atoms with Gasteiger partial charge in [-0.05, 0) is 13.5 Å². The molecule has 0 atom stereocenters. The van der Waals surface area contributed by atoms with Crippen LogP contribution in [0.15, 0.2) is 6.07 Å². The van der Waals surface area contributed by atoms with Crippen LogP contribution in [0.4, 0.5) is 0 Å². The Morgan fingerprint density at radius 1 is 1.50 bits per heavy atom. The highest BCUT2D eigenvalue weighted by Gasteiger charge is 2.07. The first kappa shape index (κ1) is 11.0. The molecule has 0 amide bonds. The third kappa shape index (κ3) is 2.77. The first-order valence-electron chi connectivity index (χ1n) is 5.01. The van der Waals surface area contributed by atoms with Crippen molar-refractivity contribution in [2.75, 3.05) is 6.54 Å². The van der Waals surface area contributed by atoms with Crippen molar-refractivity contribution in [1.82, 2.24) is 25.7 Å². The minimum atomic E-state index is 0.513. The molecule has 0 fully saturated rings. The molecule has 0 aromatic carbocycles. The van der Waals surface area contributed by atoms with Gasteiger partial charge in [-0.1, -0.05) is 23.4 Å². The zero-order valence-electron chi connectivity index (χ0n) is 9.15. The summed E-state index contributed by atoms with van der Waals surface area (Å²) in [6, 6.07) is 1.81. The topological polar surface area (TPSA) is 75.7 Å². The molecule has 0 bridgehead atoms.